The van der Waals surface area contributed by atoms with Crippen LogP contribution in [0.25, 0.3) is 31.3 Å². The number of esters is 2. The van der Waals surface area contributed by atoms with Crippen LogP contribution in [-0.4, -0.2) is 36.2 Å². The second-order valence-corrected chi connectivity index (χ2v) is 15.3. The fourth-order valence-electron chi connectivity index (χ4n) is 4.70. The van der Waals surface area contributed by atoms with Crippen LogP contribution in [0.15, 0.2) is 113 Å². The van der Waals surface area contributed by atoms with E-state index in [1.54, 1.807) is 41.7 Å². The maximum Gasteiger partial charge on any atom is 0.425 e. The number of alkyl halides is 3. The molecule has 3 aromatic heterocycles. The number of carboxylic acids is 1. The van der Waals surface area contributed by atoms with Crippen LogP contribution in [0.2, 0.25) is 0 Å². The van der Waals surface area contributed by atoms with Crippen molar-refractivity contribution in [2.24, 2.45) is 0 Å². The molecule has 6 nitrogen and oxygen atoms in total. The summed E-state index contributed by atoms with van der Waals surface area (Å²) in [4.78, 5) is 36.9. The van der Waals surface area contributed by atoms with Crippen LogP contribution >= 0.6 is 49.9 Å². The normalized spacial score (nSPS) is 10.7. The number of hydrogen-bond acceptors (Lipinski definition) is 8. The molecule has 0 fully saturated rings. The van der Waals surface area contributed by atoms with E-state index in [0.29, 0.717) is 47.3 Å². The van der Waals surface area contributed by atoms with E-state index >= 15 is 0 Å². The first kappa shape index (κ1) is 40.2. The maximum atomic E-state index is 12.6. The number of carboxylic acid groups (broad SMARTS) is 1. The van der Waals surface area contributed by atoms with Crippen molar-refractivity contribution < 1.29 is 42.1 Å². The molecule has 0 aliphatic heterocycles. The van der Waals surface area contributed by atoms with Crippen LogP contribution in [0, 0.1) is 6.92 Å². The van der Waals surface area contributed by atoms with Gasteiger partial charge in [-0.3, -0.25) is 0 Å². The molecule has 0 spiro atoms. The number of aryl methyl sites for hydroxylation is 1. The van der Waals surface area contributed by atoms with Gasteiger partial charge in [0.05, 0.1) is 33.7 Å². The SMILES string of the molecule is CCOC(=O)c1cc(Br)sc1-c1ccccc1.CCOC(=O)c1cc(C)sc1-c1ccccc1.O=C(O)c1cc(C(F)(F)F)sc1-c1ccccc1. The molecule has 0 aliphatic rings. The average Bonchev–Trinajstić information content (AvgIpc) is 3.87. The van der Waals surface area contributed by atoms with E-state index in [0.717, 1.165) is 29.5 Å². The van der Waals surface area contributed by atoms with E-state index in [1.807, 2.05) is 93.6 Å². The van der Waals surface area contributed by atoms with Gasteiger partial charge in [0.2, 0.25) is 0 Å². The lowest BCUT2D eigenvalue weighted by molar-refractivity contribution is -0.134. The molecule has 0 atom stereocenters. The Labute approximate surface area is 319 Å². The second kappa shape index (κ2) is 18.8. The molecule has 0 saturated heterocycles. The molecule has 6 aromatic rings. The summed E-state index contributed by atoms with van der Waals surface area (Å²) in [5.74, 6) is -1.87. The predicted molar refractivity (Wildman–Crippen MR) is 206 cm³/mol. The van der Waals surface area contributed by atoms with Crippen molar-refractivity contribution in [1.29, 1.82) is 0 Å². The number of rotatable bonds is 8. The molecular weight excluding hydrogens is 798 g/mol. The van der Waals surface area contributed by atoms with Crippen molar-refractivity contribution in [1.82, 2.24) is 0 Å². The first-order valence-electron chi connectivity index (χ1n) is 15.7. The minimum absolute atomic E-state index is 0.121. The van der Waals surface area contributed by atoms with Gasteiger partial charge in [-0.15, -0.1) is 34.0 Å². The number of hydrogen-bond donors (Lipinski definition) is 1. The Morgan fingerprint density at radius 1 is 0.635 bits per heavy atom. The van der Waals surface area contributed by atoms with Gasteiger partial charge in [-0.05, 0) is 71.6 Å². The van der Waals surface area contributed by atoms with Crippen molar-refractivity contribution in [3.8, 4) is 31.3 Å². The molecule has 270 valence electrons. The Kier molecular flexibility index (Phi) is 14.5. The van der Waals surface area contributed by atoms with Gasteiger partial charge in [-0.1, -0.05) is 91.0 Å². The molecule has 1 N–H and O–H groups in total. The Morgan fingerprint density at radius 2 is 1.04 bits per heavy atom. The summed E-state index contributed by atoms with van der Waals surface area (Å²) in [5, 5.41) is 8.95. The summed E-state index contributed by atoms with van der Waals surface area (Å²) in [6.45, 7) is 6.42. The molecule has 13 heteroatoms. The summed E-state index contributed by atoms with van der Waals surface area (Å²) in [7, 11) is 0. The van der Waals surface area contributed by atoms with Gasteiger partial charge in [-0.2, -0.15) is 13.2 Å². The Balaban J connectivity index is 0.000000175. The number of carbonyl (C=O) groups excluding carboxylic acids is 2. The summed E-state index contributed by atoms with van der Waals surface area (Å²) >= 11 is 7.01. The van der Waals surface area contributed by atoms with Crippen molar-refractivity contribution >= 4 is 67.8 Å². The first-order valence-corrected chi connectivity index (χ1v) is 18.9. The van der Waals surface area contributed by atoms with Crippen LogP contribution in [0.1, 0.15) is 54.7 Å². The molecule has 3 heterocycles. The van der Waals surface area contributed by atoms with E-state index in [2.05, 4.69) is 15.9 Å². The molecule has 3 aromatic carbocycles. The smallest absolute Gasteiger partial charge is 0.425 e. The number of halogens is 4. The summed E-state index contributed by atoms with van der Waals surface area (Å²) in [5.41, 5.74) is 3.53. The third-order valence-electron chi connectivity index (χ3n) is 6.90. The van der Waals surface area contributed by atoms with Gasteiger partial charge in [0, 0.05) is 19.5 Å². The molecular formula is C39H32BrF3O6S3. The lowest BCUT2D eigenvalue weighted by Crippen LogP contribution is -2.04. The summed E-state index contributed by atoms with van der Waals surface area (Å²) < 4.78 is 48.8. The van der Waals surface area contributed by atoms with Crippen LogP contribution in [0.4, 0.5) is 13.2 Å². The van der Waals surface area contributed by atoms with E-state index in [4.69, 9.17) is 14.6 Å². The van der Waals surface area contributed by atoms with Gasteiger partial charge >= 0.3 is 24.1 Å². The lowest BCUT2D eigenvalue weighted by atomic mass is 10.1. The monoisotopic (exact) mass is 828 g/mol. The third kappa shape index (κ3) is 10.7. The fourth-order valence-corrected chi connectivity index (χ4v) is 8.32. The highest BCUT2D eigenvalue weighted by Crippen LogP contribution is 2.41. The molecule has 0 saturated carbocycles. The highest BCUT2D eigenvalue weighted by molar-refractivity contribution is 9.11. The van der Waals surface area contributed by atoms with E-state index in [-0.39, 0.29) is 22.4 Å². The Morgan fingerprint density at radius 3 is 1.44 bits per heavy atom. The second-order valence-electron chi connectivity index (χ2n) is 10.6. The fraction of sp³-hybridized carbons (Fsp3) is 0.154. The molecule has 6 rings (SSSR count). The van der Waals surface area contributed by atoms with Gasteiger partial charge in [0.15, 0.2) is 0 Å². The number of ether oxygens (including phenoxy) is 2. The minimum atomic E-state index is -4.53. The van der Waals surface area contributed by atoms with Crippen molar-refractivity contribution in [3.05, 3.63) is 139 Å². The molecule has 0 bridgehead atoms. The minimum Gasteiger partial charge on any atom is -0.478 e. The standard InChI is InChI=1S/C14H14O2S.C13H11BrO2S.C12H7F3O2S/c1-3-16-14(15)12-9-10(2)17-13(12)11-7-5-4-6-8-11;1-2-16-13(15)10-8-11(14)17-12(10)9-6-4-3-5-7-9;13-12(14,15)9-6-8(11(16)17)10(18-9)7-4-2-1-3-5-7/h4-9H,3H2,1-2H3;3-8H,2H2,1H3;1-6H,(H,16,17). The number of aromatic carboxylic acids is 1. The first-order chi connectivity index (χ1) is 24.8. The topological polar surface area (TPSA) is 89.9 Å². The zero-order valence-electron chi connectivity index (χ0n) is 28.0. The summed E-state index contributed by atoms with van der Waals surface area (Å²) in [6.07, 6.45) is -4.53. The largest absolute Gasteiger partial charge is 0.478 e. The average molecular weight is 830 g/mol. The molecule has 0 amide bonds. The van der Waals surface area contributed by atoms with E-state index < -0.39 is 17.0 Å². The van der Waals surface area contributed by atoms with Crippen LogP contribution < -0.4 is 0 Å². The van der Waals surface area contributed by atoms with Crippen molar-refractivity contribution in [2.45, 2.75) is 26.9 Å². The van der Waals surface area contributed by atoms with Gasteiger partial charge in [-0.25, -0.2) is 14.4 Å². The highest BCUT2D eigenvalue weighted by Gasteiger charge is 2.35. The Hall–Kier alpha value is -4.56. The maximum absolute atomic E-state index is 12.6. The molecule has 0 aliphatic carbocycles. The summed E-state index contributed by atoms with van der Waals surface area (Å²) in [6, 6.07) is 32.3. The van der Waals surface area contributed by atoms with Crippen LogP contribution in [0.5, 0.6) is 0 Å². The van der Waals surface area contributed by atoms with Crippen LogP contribution in [0.3, 0.4) is 0 Å². The number of benzene rings is 3. The third-order valence-corrected chi connectivity index (χ3v) is 10.9. The molecule has 0 radical (unpaired) electrons. The molecule has 52 heavy (non-hydrogen) atoms. The molecule has 0 unspecified atom stereocenters. The van der Waals surface area contributed by atoms with E-state index in [1.165, 1.54) is 11.3 Å². The quantitative estimate of drug-likeness (QED) is 0.154. The number of carbonyl (C=O) groups is 3. The van der Waals surface area contributed by atoms with E-state index in [9.17, 15) is 27.6 Å². The zero-order chi connectivity index (χ0) is 37.8. The number of thiophene rings is 3. The van der Waals surface area contributed by atoms with Gasteiger partial charge in [0.1, 0.15) is 4.88 Å². The zero-order valence-corrected chi connectivity index (χ0v) is 32.1. The van der Waals surface area contributed by atoms with Crippen molar-refractivity contribution in [2.75, 3.05) is 13.2 Å². The van der Waals surface area contributed by atoms with Gasteiger partial charge in [0.25, 0.3) is 0 Å². The van der Waals surface area contributed by atoms with Crippen LogP contribution in [-0.2, 0) is 15.7 Å². The lowest BCUT2D eigenvalue weighted by Gasteiger charge is -2.03. The Bertz CT molecular complexity index is 1990. The van der Waals surface area contributed by atoms with Crippen molar-refractivity contribution in [3.63, 3.8) is 0 Å². The predicted octanol–water partition coefficient (Wildman–Crippen LogP) is 12.4. The highest BCUT2D eigenvalue weighted by atomic mass is 79.9. The van der Waals surface area contributed by atoms with Gasteiger partial charge < -0.3 is 14.6 Å².